The standard InChI is InChI=1S/C16H17F3N2O3S/c1-3-10(8-24-2)20-14(22)7-13-15(23)21-11-6-9(16(17,18)19)4-5-12(11)25-13/h4-7,10H,3,8H2,1-2H3,(H,20,22)(H,21,23)/b13-7+/t10-/m1/s1. The van der Waals surface area contributed by atoms with E-state index in [-0.39, 0.29) is 16.6 Å². The Morgan fingerprint density at radius 3 is 2.76 bits per heavy atom. The van der Waals surface area contributed by atoms with E-state index in [4.69, 9.17) is 4.74 Å². The van der Waals surface area contributed by atoms with Gasteiger partial charge in [-0.05, 0) is 24.6 Å². The van der Waals surface area contributed by atoms with Gasteiger partial charge in [0, 0.05) is 18.1 Å². The largest absolute Gasteiger partial charge is 0.416 e. The molecule has 2 amide bonds. The van der Waals surface area contributed by atoms with Crippen LogP contribution in [0, 0.1) is 0 Å². The Kier molecular flexibility index (Phi) is 6.12. The molecule has 1 aromatic carbocycles. The van der Waals surface area contributed by atoms with E-state index in [0.29, 0.717) is 17.9 Å². The number of ether oxygens (including phenoxy) is 1. The smallest absolute Gasteiger partial charge is 0.383 e. The van der Waals surface area contributed by atoms with Gasteiger partial charge in [-0.1, -0.05) is 18.7 Å². The lowest BCUT2D eigenvalue weighted by Crippen LogP contribution is -2.37. The number of thioether (sulfide) groups is 1. The number of nitrogens with one attached hydrogen (secondary N) is 2. The number of rotatable bonds is 5. The van der Waals surface area contributed by atoms with E-state index in [1.807, 2.05) is 6.92 Å². The lowest BCUT2D eigenvalue weighted by atomic mass is 10.2. The number of hydrogen-bond donors (Lipinski definition) is 2. The maximum atomic E-state index is 12.7. The van der Waals surface area contributed by atoms with Crippen LogP contribution in [0.15, 0.2) is 34.1 Å². The summed E-state index contributed by atoms with van der Waals surface area (Å²) >= 11 is 0.950. The summed E-state index contributed by atoms with van der Waals surface area (Å²) in [6.45, 7) is 2.22. The third-order valence-electron chi connectivity index (χ3n) is 3.47. The Labute approximate surface area is 147 Å². The highest BCUT2D eigenvalue weighted by molar-refractivity contribution is 8.04. The lowest BCUT2D eigenvalue weighted by molar-refractivity contribution is -0.137. The number of hydrogen-bond acceptors (Lipinski definition) is 4. The summed E-state index contributed by atoms with van der Waals surface area (Å²) in [5, 5.41) is 5.09. The van der Waals surface area contributed by atoms with Gasteiger partial charge in [0.25, 0.3) is 5.91 Å². The van der Waals surface area contributed by atoms with Crippen LogP contribution in [0.2, 0.25) is 0 Å². The molecule has 1 aromatic rings. The molecule has 2 N–H and O–H groups in total. The van der Waals surface area contributed by atoms with Crippen LogP contribution in [0.1, 0.15) is 18.9 Å². The van der Waals surface area contributed by atoms with Crippen LogP contribution in [0.25, 0.3) is 0 Å². The van der Waals surface area contributed by atoms with Gasteiger partial charge in [-0.3, -0.25) is 9.59 Å². The van der Waals surface area contributed by atoms with Crippen molar-refractivity contribution in [2.75, 3.05) is 19.0 Å². The molecule has 0 fully saturated rings. The van der Waals surface area contributed by atoms with Crippen LogP contribution in [-0.4, -0.2) is 31.6 Å². The van der Waals surface area contributed by atoms with Gasteiger partial charge in [0.1, 0.15) is 0 Å². The normalized spacial score (nSPS) is 17.0. The Balaban J connectivity index is 2.16. The molecule has 1 aliphatic heterocycles. The zero-order valence-electron chi connectivity index (χ0n) is 13.6. The molecule has 0 saturated carbocycles. The van der Waals surface area contributed by atoms with E-state index in [2.05, 4.69) is 10.6 Å². The number of amides is 2. The molecule has 0 radical (unpaired) electrons. The van der Waals surface area contributed by atoms with Crippen LogP contribution in [0.4, 0.5) is 18.9 Å². The first kappa shape index (κ1) is 19.3. The van der Waals surface area contributed by atoms with E-state index in [9.17, 15) is 22.8 Å². The minimum Gasteiger partial charge on any atom is -0.383 e. The maximum Gasteiger partial charge on any atom is 0.416 e. The van der Waals surface area contributed by atoms with Gasteiger partial charge in [-0.2, -0.15) is 13.2 Å². The van der Waals surface area contributed by atoms with Crippen molar-refractivity contribution in [1.29, 1.82) is 0 Å². The first-order valence-electron chi connectivity index (χ1n) is 7.46. The topological polar surface area (TPSA) is 67.4 Å². The first-order valence-corrected chi connectivity index (χ1v) is 8.27. The summed E-state index contributed by atoms with van der Waals surface area (Å²) in [7, 11) is 1.52. The Bertz CT molecular complexity index is 704. The predicted octanol–water partition coefficient (Wildman–Crippen LogP) is 3.17. The SMILES string of the molecule is CC[C@H](COC)NC(=O)/C=C1/Sc2ccc(C(F)(F)F)cc2NC1=O. The van der Waals surface area contributed by atoms with Crippen molar-refractivity contribution in [2.45, 2.75) is 30.5 Å². The van der Waals surface area contributed by atoms with Crippen molar-refractivity contribution in [1.82, 2.24) is 5.32 Å². The van der Waals surface area contributed by atoms with E-state index < -0.39 is 23.6 Å². The predicted molar refractivity (Wildman–Crippen MR) is 88.1 cm³/mol. The first-order chi connectivity index (χ1) is 11.7. The fourth-order valence-corrected chi connectivity index (χ4v) is 3.06. The minimum atomic E-state index is -4.49. The molecule has 0 saturated heterocycles. The quantitative estimate of drug-likeness (QED) is 0.777. The fraction of sp³-hybridized carbons (Fsp3) is 0.375. The van der Waals surface area contributed by atoms with Crippen LogP contribution in [0.3, 0.4) is 0 Å². The highest BCUT2D eigenvalue weighted by Gasteiger charge is 2.32. The molecule has 0 bridgehead atoms. The van der Waals surface area contributed by atoms with Gasteiger partial charge in [0.15, 0.2) is 0 Å². The highest BCUT2D eigenvalue weighted by atomic mass is 32.2. The van der Waals surface area contributed by atoms with Gasteiger partial charge >= 0.3 is 6.18 Å². The number of benzene rings is 1. The van der Waals surface area contributed by atoms with Crippen molar-refractivity contribution in [2.24, 2.45) is 0 Å². The molecule has 0 aliphatic carbocycles. The van der Waals surface area contributed by atoms with Gasteiger partial charge in [-0.15, -0.1) is 0 Å². The molecule has 136 valence electrons. The molecule has 1 atom stereocenters. The number of methoxy groups -OCH3 is 1. The molecule has 5 nitrogen and oxygen atoms in total. The number of fused-ring (bicyclic) bond motifs is 1. The summed E-state index contributed by atoms with van der Waals surface area (Å²) in [6.07, 6.45) is -2.69. The fourth-order valence-electron chi connectivity index (χ4n) is 2.16. The second kappa shape index (κ2) is 7.92. The average molecular weight is 374 g/mol. The molecule has 1 heterocycles. The maximum absolute atomic E-state index is 12.7. The number of anilines is 1. The second-order valence-electron chi connectivity index (χ2n) is 5.34. The summed E-state index contributed by atoms with van der Waals surface area (Å²) in [4.78, 5) is 24.6. The summed E-state index contributed by atoms with van der Waals surface area (Å²) < 4.78 is 43.2. The molecule has 0 unspecified atom stereocenters. The minimum absolute atomic E-state index is 0.0770. The number of halogens is 3. The van der Waals surface area contributed by atoms with Gasteiger partial charge < -0.3 is 15.4 Å². The third-order valence-corrected chi connectivity index (χ3v) is 4.57. The summed E-state index contributed by atoms with van der Waals surface area (Å²) in [5.41, 5.74) is -0.768. The molecule has 1 aliphatic rings. The Morgan fingerprint density at radius 1 is 1.44 bits per heavy atom. The zero-order chi connectivity index (χ0) is 18.6. The van der Waals surface area contributed by atoms with E-state index >= 15 is 0 Å². The van der Waals surface area contributed by atoms with E-state index in [1.165, 1.54) is 13.2 Å². The molecule has 0 aromatic heterocycles. The molecular weight excluding hydrogens is 357 g/mol. The third kappa shape index (κ3) is 4.99. The van der Waals surface area contributed by atoms with Crippen molar-refractivity contribution in [3.63, 3.8) is 0 Å². The highest BCUT2D eigenvalue weighted by Crippen LogP contribution is 2.41. The summed E-state index contributed by atoms with van der Waals surface area (Å²) in [5.74, 6) is -1.08. The Morgan fingerprint density at radius 2 is 2.16 bits per heavy atom. The van der Waals surface area contributed by atoms with E-state index in [0.717, 1.165) is 30.0 Å². The second-order valence-corrected chi connectivity index (χ2v) is 6.43. The monoisotopic (exact) mass is 374 g/mol. The van der Waals surface area contributed by atoms with Crippen LogP contribution >= 0.6 is 11.8 Å². The number of alkyl halides is 3. The van der Waals surface area contributed by atoms with Crippen molar-refractivity contribution in [3.05, 3.63) is 34.7 Å². The number of carbonyl (C=O) groups excluding carboxylic acids is 2. The molecule has 0 spiro atoms. The van der Waals surface area contributed by atoms with Crippen LogP contribution in [0.5, 0.6) is 0 Å². The van der Waals surface area contributed by atoms with Gasteiger partial charge in [0.2, 0.25) is 5.91 Å². The molecular formula is C16H17F3N2O3S. The van der Waals surface area contributed by atoms with Crippen molar-refractivity contribution >= 4 is 29.3 Å². The van der Waals surface area contributed by atoms with Crippen molar-refractivity contribution < 1.29 is 27.5 Å². The lowest BCUT2D eigenvalue weighted by Gasteiger charge is -2.20. The molecule has 9 heteroatoms. The molecule has 2 rings (SSSR count). The van der Waals surface area contributed by atoms with Crippen LogP contribution < -0.4 is 10.6 Å². The van der Waals surface area contributed by atoms with Gasteiger partial charge in [-0.25, -0.2) is 0 Å². The van der Waals surface area contributed by atoms with Crippen LogP contribution in [-0.2, 0) is 20.5 Å². The molecule has 25 heavy (non-hydrogen) atoms. The van der Waals surface area contributed by atoms with Gasteiger partial charge in [0.05, 0.1) is 28.8 Å². The van der Waals surface area contributed by atoms with E-state index in [1.54, 1.807) is 0 Å². The zero-order valence-corrected chi connectivity index (χ0v) is 14.4. The Hall–Kier alpha value is -2.00. The summed E-state index contributed by atoms with van der Waals surface area (Å²) in [6, 6.07) is 2.90. The number of carbonyl (C=O) groups is 2. The average Bonchev–Trinajstić information content (AvgIpc) is 2.53. The van der Waals surface area contributed by atoms with Crippen molar-refractivity contribution in [3.8, 4) is 0 Å².